The largest absolute Gasteiger partial charge is 0.466 e. The van der Waals surface area contributed by atoms with Crippen LogP contribution in [0.4, 0.5) is 13.2 Å². The van der Waals surface area contributed by atoms with Crippen LogP contribution in [-0.4, -0.2) is 30.2 Å². The van der Waals surface area contributed by atoms with Crippen molar-refractivity contribution in [3.8, 4) is 0 Å². The summed E-state index contributed by atoms with van der Waals surface area (Å²) < 4.78 is 47.1. The van der Waals surface area contributed by atoms with Gasteiger partial charge < -0.3 is 9.57 Å². The minimum atomic E-state index is -4.81. The molecule has 0 aliphatic carbocycles. The third kappa shape index (κ3) is 4.76. The van der Waals surface area contributed by atoms with E-state index in [9.17, 15) is 22.8 Å². The lowest BCUT2D eigenvalue weighted by Gasteiger charge is -2.29. The summed E-state index contributed by atoms with van der Waals surface area (Å²) in [5.74, 6) is -1.10. The van der Waals surface area contributed by atoms with E-state index in [1.54, 1.807) is 13.8 Å². The number of alkyl halides is 3. The lowest BCUT2D eigenvalue weighted by atomic mass is 9.86. The highest BCUT2D eigenvalue weighted by atomic mass is 35.5. The van der Waals surface area contributed by atoms with E-state index in [0.717, 1.165) is 12.1 Å². The Morgan fingerprint density at radius 2 is 1.81 bits per heavy atom. The summed E-state index contributed by atoms with van der Waals surface area (Å²) in [6, 6.07) is 8.04. The van der Waals surface area contributed by atoms with E-state index < -0.39 is 36.4 Å². The Bertz CT molecular complexity index is 1080. The number of halogens is 5. The molecule has 0 radical (unpaired) electrons. The number of oxime groups is 1. The highest BCUT2D eigenvalue weighted by Gasteiger charge is 2.62. The molecule has 3 rings (SSSR count). The van der Waals surface area contributed by atoms with Crippen molar-refractivity contribution in [3.05, 3.63) is 68.7 Å². The number of hydrogen-bond donors (Lipinski definition) is 0. The van der Waals surface area contributed by atoms with Crippen molar-refractivity contribution in [1.82, 2.24) is 0 Å². The summed E-state index contributed by atoms with van der Waals surface area (Å²) in [5.41, 5.74) is -1.86. The molecule has 0 fully saturated rings. The second-order valence-electron chi connectivity index (χ2n) is 7.22. The van der Waals surface area contributed by atoms with Crippen molar-refractivity contribution in [2.45, 2.75) is 38.5 Å². The van der Waals surface area contributed by atoms with Gasteiger partial charge in [0, 0.05) is 27.6 Å². The van der Waals surface area contributed by atoms with E-state index in [4.69, 9.17) is 32.8 Å². The first-order valence-electron chi connectivity index (χ1n) is 9.55. The summed E-state index contributed by atoms with van der Waals surface area (Å²) in [6.07, 6.45) is -5.84. The molecule has 1 unspecified atom stereocenters. The minimum Gasteiger partial charge on any atom is -0.466 e. The lowest BCUT2D eigenvalue weighted by Crippen LogP contribution is -2.42. The van der Waals surface area contributed by atoms with Gasteiger partial charge in [-0.05, 0) is 49.2 Å². The number of ketones is 1. The third-order valence-electron chi connectivity index (χ3n) is 4.99. The fourth-order valence-corrected chi connectivity index (χ4v) is 3.97. The number of Topliss-reactive ketones (excluding diaryl/α,β-unsaturated/α-hetero) is 1. The van der Waals surface area contributed by atoms with Crippen LogP contribution < -0.4 is 0 Å². The van der Waals surface area contributed by atoms with Gasteiger partial charge in [0.05, 0.1) is 12.3 Å². The molecule has 1 heterocycles. The van der Waals surface area contributed by atoms with Gasteiger partial charge in [-0.3, -0.25) is 9.59 Å². The molecule has 0 N–H and O–H groups in total. The summed E-state index contributed by atoms with van der Waals surface area (Å²) in [5, 5.41) is 3.77. The topological polar surface area (TPSA) is 65.0 Å². The van der Waals surface area contributed by atoms with Gasteiger partial charge in [0.15, 0.2) is 5.78 Å². The van der Waals surface area contributed by atoms with Gasteiger partial charge in [-0.15, -0.1) is 0 Å². The van der Waals surface area contributed by atoms with Crippen LogP contribution in [0, 0.1) is 6.92 Å². The molecule has 1 aliphatic rings. The summed E-state index contributed by atoms with van der Waals surface area (Å²) in [6.45, 7) is 3.40. The Morgan fingerprint density at radius 3 is 2.38 bits per heavy atom. The summed E-state index contributed by atoms with van der Waals surface area (Å²) in [7, 11) is 0. The van der Waals surface area contributed by atoms with Crippen LogP contribution in [0.15, 0.2) is 41.6 Å². The SMILES string of the molecule is CCOC(=O)CC(=O)c1ccc(C2=NOC(c3cc(Cl)cc(Cl)c3)(C(F)(F)F)C2)cc1C. The molecule has 0 saturated heterocycles. The number of aryl methyl sites for hydroxylation is 1. The van der Waals surface area contributed by atoms with Crippen LogP contribution in [0.25, 0.3) is 0 Å². The van der Waals surface area contributed by atoms with Crippen molar-refractivity contribution < 1.29 is 32.3 Å². The number of carbonyl (C=O) groups excluding carboxylic acids is 2. The average molecular weight is 488 g/mol. The van der Waals surface area contributed by atoms with E-state index >= 15 is 0 Å². The van der Waals surface area contributed by atoms with Gasteiger partial charge in [0.25, 0.3) is 5.60 Å². The predicted octanol–water partition coefficient (Wildman–Crippen LogP) is 6.02. The number of esters is 1. The first kappa shape index (κ1) is 24.1. The van der Waals surface area contributed by atoms with Crippen LogP contribution in [-0.2, 0) is 20.0 Å². The van der Waals surface area contributed by atoms with Crippen molar-refractivity contribution in [3.63, 3.8) is 0 Å². The third-order valence-corrected chi connectivity index (χ3v) is 5.42. The van der Waals surface area contributed by atoms with Gasteiger partial charge in [0.2, 0.25) is 0 Å². The second-order valence-corrected chi connectivity index (χ2v) is 8.10. The van der Waals surface area contributed by atoms with Crippen LogP contribution in [0.2, 0.25) is 10.0 Å². The number of carbonyl (C=O) groups is 2. The van der Waals surface area contributed by atoms with Gasteiger partial charge in [-0.25, -0.2) is 0 Å². The molecule has 1 atom stereocenters. The zero-order chi connectivity index (χ0) is 23.7. The fraction of sp³-hybridized carbons (Fsp3) is 0.318. The summed E-state index contributed by atoms with van der Waals surface area (Å²) in [4.78, 5) is 28.9. The molecular formula is C22H18Cl2F3NO4. The lowest BCUT2D eigenvalue weighted by molar-refractivity contribution is -0.275. The average Bonchev–Trinajstić information content (AvgIpc) is 3.14. The van der Waals surface area contributed by atoms with Crippen molar-refractivity contribution in [2.24, 2.45) is 5.16 Å². The molecule has 5 nitrogen and oxygen atoms in total. The quantitative estimate of drug-likeness (QED) is 0.284. The molecule has 0 amide bonds. The molecule has 0 bridgehead atoms. The molecule has 2 aromatic rings. The fourth-order valence-electron chi connectivity index (χ4n) is 3.44. The normalized spacial score (nSPS) is 18.2. The zero-order valence-electron chi connectivity index (χ0n) is 17.1. The number of ether oxygens (including phenoxy) is 1. The van der Waals surface area contributed by atoms with E-state index in [0.29, 0.717) is 11.1 Å². The van der Waals surface area contributed by atoms with Gasteiger partial charge in [0.1, 0.15) is 6.42 Å². The van der Waals surface area contributed by atoms with Crippen LogP contribution in [0.1, 0.15) is 46.8 Å². The Hall–Kier alpha value is -2.58. The van der Waals surface area contributed by atoms with Crippen molar-refractivity contribution in [1.29, 1.82) is 0 Å². The second kappa shape index (κ2) is 9.11. The van der Waals surface area contributed by atoms with E-state index in [-0.39, 0.29) is 33.5 Å². The number of rotatable bonds is 6. The highest BCUT2D eigenvalue weighted by Crippen LogP contribution is 2.49. The van der Waals surface area contributed by atoms with E-state index in [1.807, 2.05) is 0 Å². The molecule has 10 heteroatoms. The minimum absolute atomic E-state index is 0.0356. The first-order chi connectivity index (χ1) is 15.0. The highest BCUT2D eigenvalue weighted by molar-refractivity contribution is 6.34. The molecule has 0 spiro atoms. The molecule has 32 heavy (non-hydrogen) atoms. The molecule has 0 aromatic heterocycles. The number of benzene rings is 2. The standard InChI is InChI=1S/C22H18Cl2F3NO4/c1-3-31-20(30)10-19(29)17-5-4-13(6-12(17)2)18-11-21(32-28-18,22(25,26)27)14-7-15(23)9-16(24)8-14/h4-9H,3,10-11H2,1-2H3. The van der Waals surface area contributed by atoms with E-state index in [1.165, 1.54) is 24.3 Å². The Kier molecular flexibility index (Phi) is 6.86. The zero-order valence-corrected chi connectivity index (χ0v) is 18.6. The van der Waals surface area contributed by atoms with Crippen LogP contribution >= 0.6 is 23.2 Å². The monoisotopic (exact) mass is 487 g/mol. The van der Waals surface area contributed by atoms with Gasteiger partial charge >= 0.3 is 12.1 Å². The van der Waals surface area contributed by atoms with E-state index in [2.05, 4.69) is 5.16 Å². The maximum Gasteiger partial charge on any atom is 0.435 e. The number of hydrogen-bond acceptors (Lipinski definition) is 5. The Morgan fingerprint density at radius 1 is 1.16 bits per heavy atom. The molecule has 1 aliphatic heterocycles. The smallest absolute Gasteiger partial charge is 0.435 e. The van der Waals surface area contributed by atoms with Gasteiger partial charge in [-0.1, -0.05) is 40.5 Å². The van der Waals surface area contributed by atoms with Crippen molar-refractivity contribution in [2.75, 3.05) is 6.61 Å². The predicted molar refractivity (Wildman–Crippen MR) is 113 cm³/mol. The maximum absolute atomic E-state index is 14.1. The maximum atomic E-state index is 14.1. The molecule has 2 aromatic carbocycles. The molecule has 0 saturated carbocycles. The number of nitrogens with zero attached hydrogens (tertiary/aromatic N) is 1. The molecular weight excluding hydrogens is 470 g/mol. The first-order valence-corrected chi connectivity index (χ1v) is 10.3. The van der Waals surface area contributed by atoms with Gasteiger partial charge in [-0.2, -0.15) is 13.2 Å². The summed E-state index contributed by atoms with van der Waals surface area (Å²) >= 11 is 11.8. The molecule has 170 valence electrons. The van der Waals surface area contributed by atoms with Crippen molar-refractivity contribution >= 4 is 40.7 Å². The Balaban J connectivity index is 1.89. The van der Waals surface area contributed by atoms with Crippen LogP contribution in [0.5, 0.6) is 0 Å². The van der Waals surface area contributed by atoms with Crippen LogP contribution in [0.3, 0.4) is 0 Å². The Labute approximate surface area is 192 Å².